The van der Waals surface area contributed by atoms with E-state index in [9.17, 15) is 4.79 Å². The molecule has 1 heterocycles. The summed E-state index contributed by atoms with van der Waals surface area (Å²) in [4.78, 5) is 11.1. The van der Waals surface area contributed by atoms with Crippen LogP contribution in [0.5, 0.6) is 5.75 Å². The van der Waals surface area contributed by atoms with E-state index < -0.39 is 5.97 Å². The SMILES string of the molecule is Cc1onc(C(=O)O)c1-c1ccc(OC(C)C)cc1. The lowest BCUT2D eigenvalue weighted by atomic mass is 10.0. The minimum Gasteiger partial charge on any atom is -0.491 e. The molecule has 19 heavy (non-hydrogen) atoms. The van der Waals surface area contributed by atoms with Crippen molar-refractivity contribution in [3.8, 4) is 16.9 Å². The van der Waals surface area contributed by atoms with E-state index in [0.29, 0.717) is 11.3 Å². The zero-order valence-electron chi connectivity index (χ0n) is 11.0. The summed E-state index contributed by atoms with van der Waals surface area (Å²) in [6, 6.07) is 7.19. The second kappa shape index (κ2) is 5.14. The van der Waals surface area contributed by atoms with Crippen LogP contribution < -0.4 is 4.74 Å². The molecule has 0 fully saturated rings. The molecule has 0 aliphatic rings. The van der Waals surface area contributed by atoms with Crippen LogP contribution in [0.1, 0.15) is 30.1 Å². The van der Waals surface area contributed by atoms with Gasteiger partial charge in [-0.2, -0.15) is 0 Å². The van der Waals surface area contributed by atoms with E-state index in [2.05, 4.69) is 5.16 Å². The van der Waals surface area contributed by atoms with E-state index in [4.69, 9.17) is 14.4 Å². The smallest absolute Gasteiger partial charge is 0.358 e. The molecule has 0 aliphatic carbocycles. The summed E-state index contributed by atoms with van der Waals surface area (Å²) in [5, 5.41) is 12.6. The zero-order chi connectivity index (χ0) is 14.0. The third-order valence-electron chi connectivity index (χ3n) is 2.58. The van der Waals surface area contributed by atoms with Gasteiger partial charge in [0.05, 0.1) is 11.7 Å². The van der Waals surface area contributed by atoms with Gasteiger partial charge in [0.25, 0.3) is 0 Å². The maximum Gasteiger partial charge on any atom is 0.358 e. The van der Waals surface area contributed by atoms with Gasteiger partial charge < -0.3 is 14.4 Å². The van der Waals surface area contributed by atoms with E-state index in [0.717, 1.165) is 11.3 Å². The number of aromatic nitrogens is 1. The molecule has 0 radical (unpaired) electrons. The first-order valence-corrected chi connectivity index (χ1v) is 5.95. The summed E-state index contributed by atoms with van der Waals surface area (Å²) < 4.78 is 10.5. The molecule has 0 spiro atoms. The van der Waals surface area contributed by atoms with Crippen molar-refractivity contribution in [1.29, 1.82) is 0 Å². The summed E-state index contributed by atoms with van der Waals surface area (Å²) in [7, 11) is 0. The van der Waals surface area contributed by atoms with Gasteiger partial charge in [-0.25, -0.2) is 4.79 Å². The third-order valence-corrected chi connectivity index (χ3v) is 2.58. The first-order chi connectivity index (χ1) is 8.99. The molecule has 0 aliphatic heterocycles. The number of aryl methyl sites for hydroxylation is 1. The van der Waals surface area contributed by atoms with Crippen molar-refractivity contribution in [1.82, 2.24) is 5.16 Å². The van der Waals surface area contributed by atoms with Gasteiger partial charge in [-0.15, -0.1) is 0 Å². The van der Waals surface area contributed by atoms with E-state index >= 15 is 0 Å². The van der Waals surface area contributed by atoms with Crippen molar-refractivity contribution in [3.63, 3.8) is 0 Å². The Labute approximate surface area is 110 Å². The van der Waals surface area contributed by atoms with Crippen LogP contribution in [-0.2, 0) is 0 Å². The number of aromatic carboxylic acids is 1. The molecule has 1 aromatic heterocycles. The lowest BCUT2D eigenvalue weighted by molar-refractivity contribution is 0.0686. The monoisotopic (exact) mass is 261 g/mol. The lowest BCUT2D eigenvalue weighted by Gasteiger charge is -2.09. The molecular formula is C14H15NO4. The molecule has 0 saturated heterocycles. The Kier molecular flexibility index (Phi) is 3.55. The number of carbonyl (C=O) groups is 1. The Morgan fingerprint density at radius 2 is 1.95 bits per heavy atom. The summed E-state index contributed by atoms with van der Waals surface area (Å²) in [5.41, 5.74) is 1.17. The molecule has 1 N–H and O–H groups in total. The summed E-state index contributed by atoms with van der Waals surface area (Å²) in [6.07, 6.45) is 0.0951. The number of rotatable bonds is 4. The molecule has 5 heteroatoms. The van der Waals surface area contributed by atoms with E-state index in [1.54, 1.807) is 31.2 Å². The molecule has 0 atom stereocenters. The molecular weight excluding hydrogens is 246 g/mol. The fourth-order valence-electron chi connectivity index (χ4n) is 1.83. The van der Waals surface area contributed by atoms with Crippen LogP contribution >= 0.6 is 0 Å². The molecule has 0 unspecified atom stereocenters. The molecule has 0 bridgehead atoms. The molecule has 1 aromatic carbocycles. The highest BCUT2D eigenvalue weighted by Crippen LogP contribution is 2.29. The van der Waals surface area contributed by atoms with Crippen molar-refractivity contribution in [2.45, 2.75) is 26.9 Å². The fraction of sp³-hybridized carbons (Fsp3) is 0.286. The van der Waals surface area contributed by atoms with Gasteiger partial charge in [0.2, 0.25) is 0 Å². The fourth-order valence-corrected chi connectivity index (χ4v) is 1.83. The van der Waals surface area contributed by atoms with Crippen LogP contribution in [0.2, 0.25) is 0 Å². The van der Waals surface area contributed by atoms with Gasteiger partial charge >= 0.3 is 5.97 Å². The van der Waals surface area contributed by atoms with Gasteiger partial charge in [0.15, 0.2) is 5.69 Å². The van der Waals surface area contributed by atoms with Gasteiger partial charge in [-0.05, 0) is 38.5 Å². The normalized spacial score (nSPS) is 10.7. The molecule has 0 amide bonds. The highest BCUT2D eigenvalue weighted by atomic mass is 16.5. The van der Waals surface area contributed by atoms with Crippen LogP contribution in [0.25, 0.3) is 11.1 Å². The highest BCUT2D eigenvalue weighted by molar-refractivity contribution is 5.94. The van der Waals surface area contributed by atoms with Crippen LogP contribution in [0, 0.1) is 6.92 Å². The number of ether oxygens (including phenoxy) is 1. The molecule has 2 aromatic rings. The molecule has 0 saturated carbocycles. The maximum atomic E-state index is 11.1. The predicted octanol–water partition coefficient (Wildman–Crippen LogP) is 3.14. The summed E-state index contributed by atoms with van der Waals surface area (Å²) in [5.74, 6) is 0.119. The average Bonchev–Trinajstić information content (AvgIpc) is 2.71. The van der Waals surface area contributed by atoms with Crippen molar-refractivity contribution >= 4 is 5.97 Å². The minimum absolute atomic E-state index is 0.0740. The molecule has 5 nitrogen and oxygen atoms in total. The first kappa shape index (κ1) is 13.1. The Morgan fingerprint density at radius 1 is 1.32 bits per heavy atom. The number of hydrogen-bond acceptors (Lipinski definition) is 4. The van der Waals surface area contributed by atoms with Crippen molar-refractivity contribution in [2.24, 2.45) is 0 Å². The molecule has 100 valence electrons. The van der Waals surface area contributed by atoms with E-state index in [1.807, 2.05) is 13.8 Å². The number of nitrogens with zero attached hydrogens (tertiary/aromatic N) is 1. The van der Waals surface area contributed by atoms with Gasteiger partial charge in [0, 0.05) is 0 Å². The summed E-state index contributed by atoms with van der Waals surface area (Å²) >= 11 is 0. The largest absolute Gasteiger partial charge is 0.491 e. The number of hydrogen-bond donors (Lipinski definition) is 1. The Bertz CT molecular complexity index is 584. The number of benzene rings is 1. The van der Waals surface area contributed by atoms with E-state index in [-0.39, 0.29) is 11.8 Å². The summed E-state index contributed by atoms with van der Waals surface area (Å²) in [6.45, 7) is 5.58. The van der Waals surface area contributed by atoms with Crippen LogP contribution in [0.4, 0.5) is 0 Å². The van der Waals surface area contributed by atoms with Crippen LogP contribution in [-0.4, -0.2) is 22.3 Å². The van der Waals surface area contributed by atoms with Gasteiger partial charge in [-0.1, -0.05) is 17.3 Å². The third kappa shape index (κ3) is 2.76. The van der Waals surface area contributed by atoms with Crippen molar-refractivity contribution in [2.75, 3.05) is 0 Å². The second-order valence-electron chi connectivity index (χ2n) is 4.46. The predicted molar refractivity (Wildman–Crippen MR) is 69.4 cm³/mol. The van der Waals surface area contributed by atoms with Crippen molar-refractivity contribution in [3.05, 3.63) is 35.7 Å². The first-order valence-electron chi connectivity index (χ1n) is 5.95. The number of carboxylic acids is 1. The molecule has 2 rings (SSSR count). The minimum atomic E-state index is -1.10. The quantitative estimate of drug-likeness (QED) is 0.915. The lowest BCUT2D eigenvalue weighted by Crippen LogP contribution is -2.05. The van der Waals surface area contributed by atoms with Crippen LogP contribution in [0.15, 0.2) is 28.8 Å². The van der Waals surface area contributed by atoms with Gasteiger partial charge in [-0.3, -0.25) is 0 Å². The second-order valence-corrected chi connectivity index (χ2v) is 4.46. The Balaban J connectivity index is 2.37. The Hall–Kier alpha value is -2.30. The van der Waals surface area contributed by atoms with E-state index in [1.165, 1.54) is 0 Å². The number of carboxylic acid groups (broad SMARTS) is 1. The zero-order valence-corrected chi connectivity index (χ0v) is 11.0. The van der Waals surface area contributed by atoms with Crippen LogP contribution in [0.3, 0.4) is 0 Å². The highest BCUT2D eigenvalue weighted by Gasteiger charge is 2.20. The van der Waals surface area contributed by atoms with Crippen molar-refractivity contribution < 1.29 is 19.2 Å². The topological polar surface area (TPSA) is 72.6 Å². The Morgan fingerprint density at radius 3 is 2.47 bits per heavy atom. The average molecular weight is 261 g/mol. The maximum absolute atomic E-state index is 11.1. The van der Waals surface area contributed by atoms with Gasteiger partial charge in [0.1, 0.15) is 11.5 Å². The standard InChI is InChI=1S/C14H15NO4/c1-8(2)18-11-6-4-10(5-7-11)12-9(3)19-15-13(12)14(16)17/h4-8H,1-3H3,(H,16,17).